The van der Waals surface area contributed by atoms with Crippen molar-refractivity contribution in [3.05, 3.63) is 71.8 Å². The topological polar surface area (TPSA) is 29.1 Å². The van der Waals surface area contributed by atoms with Crippen molar-refractivity contribution >= 4 is 5.78 Å². The van der Waals surface area contributed by atoms with E-state index in [0.717, 1.165) is 24.1 Å². The van der Waals surface area contributed by atoms with E-state index in [-0.39, 0.29) is 11.8 Å². The zero-order valence-electron chi connectivity index (χ0n) is 15.4. The first kappa shape index (κ1) is 19.4. The van der Waals surface area contributed by atoms with E-state index in [1.165, 1.54) is 32.1 Å². The molecule has 1 N–H and O–H groups in total. The van der Waals surface area contributed by atoms with E-state index >= 15 is 0 Å². The van der Waals surface area contributed by atoms with Gasteiger partial charge in [0.05, 0.1) is 6.04 Å². The third kappa shape index (κ3) is 7.23. The van der Waals surface area contributed by atoms with Gasteiger partial charge in [-0.25, -0.2) is 0 Å². The second-order valence-corrected chi connectivity index (χ2v) is 6.69. The number of rotatable bonds is 12. The first-order valence-corrected chi connectivity index (χ1v) is 9.66. The first-order valence-electron chi connectivity index (χ1n) is 9.66. The van der Waals surface area contributed by atoms with Crippen LogP contribution in [0.5, 0.6) is 0 Å². The highest BCUT2D eigenvalue weighted by atomic mass is 16.1. The number of ketones is 1. The van der Waals surface area contributed by atoms with E-state index in [2.05, 4.69) is 12.2 Å². The van der Waals surface area contributed by atoms with Gasteiger partial charge in [-0.15, -0.1) is 0 Å². The lowest BCUT2D eigenvalue weighted by atomic mass is 9.97. The number of hydrogen-bond acceptors (Lipinski definition) is 2. The fourth-order valence-electron chi connectivity index (χ4n) is 3.11. The Hall–Kier alpha value is -1.93. The molecular weight excluding hydrogens is 306 g/mol. The minimum atomic E-state index is -0.211. The SMILES string of the molecule is CCCCCCCCNC(C(=O)Cc1ccccc1)c1ccccc1. The van der Waals surface area contributed by atoms with Gasteiger partial charge in [0, 0.05) is 6.42 Å². The van der Waals surface area contributed by atoms with Gasteiger partial charge in [0.25, 0.3) is 0 Å². The molecule has 1 unspecified atom stereocenters. The Morgan fingerprint density at radius 3 is 2.12 bits per heavy atom. The van der Waals surface area contributed by atoms with Gasteiger partial charge in [-0.2, -0.15) is 0 Å². The summed E-state index contributed by atoms with van der Waals surface area (Å²) < 4.78 is 0. The van der Waals surface area contributed by atoms with Crippen molar-refractivity contribution in [2.75, 3.05) is 6.54 Å². The van der Waals surface area contributed by atoms with Crippen LogP contribution in [0.4, 0.5) is 0 Å². The van der Waals surface area contributed by atoms with Crippen molar-refractivity contribution in [1.29, 1.82) is 0 Å². The quantitative estimate of drug-likeness (QED) is 0.519. The van der Waals surface area contributed by atoms with E-state index in [4.69, 9.17) is 0 Å². The standard InChI is InChI=1S/C23H31NO/c1-2-3-4-5-6-13-18-24-23(21-16-11-8-12-17-21)22(25)19-20-14-9-7-10-15-20/h7-12,14-17,23-24H,2-6,13,18-19H2,1H3. The molecule has 0 spiro atoms. The van der Waals surface area contributed by atoms with E-state index in [1.807, 2.05) is 60.7 Å². The van der Waals surface area contributed by atoms with Crippen LogP contribution in [0.1, 0.15) is 62.6 Å². The molecule has 0 saturated carbocycles. The Bertz CT molecular complexity index is 594. The first-order chi connectivity index (χ1) is 12.3. The molecular formula is C23H31NO. The van der Waals surface area contributed by atoms with Crippen molar-refractivity contribution in [3.63, 3.8) is 0 Å². The Labute approximate surface area is 152 Å². The van der Waals surface area contributed by atoms with E-state index < -0.39 is 0 Å². The van der Waals surface area contributed by atoms with Crippen LogP contribution in [-0.2, 0) is 11.2 Å². The van der Waals surface area contributed by atoms with Crippen molar-refractivity contribution in [1.82, 2.24) is 5.32 Å². The van der Waals surface area contributed by atoms with Crippen LogP contribution in [0.15, 0.2) is 60.7 Å². The van der Waals surface area contributed by atoms with Gasteiger partial charge in [-0.3, -0.25) is 4.79 Å². The highest BCUT2D eigenvalue weighted by molar-refractivity contribution is 5.87. The summed E-state index contributed by atoms with van der Waals surface area (Å²) in [5.41, 5.74) is 2.14. The molecule has 1 atom stereocenters. The summed E-state index contributed by atoms with van der Waals surface area (Å²) in [6.07, 6.45) is 8.07. The van der Waals surface area contributed by atoms with Crippen molar-refractivity contribution in [3.8, 4) is 0 Å². The van der Waals surface area contributed by atoms with Crippen molar-refractivity contribution < 1.29 is 4.79 Å². The second kappa shape index (κ2) is 11.6. The van der Waals surface area contributed by atoms with Crippen LogP contribution in [0.25, 0.3) is 0 Å². The summed E-state index contributed by atoms with van der Waals surface area (Å²) in [4.78, 5) is 12.9. The summed E-state index contributed by atoms with van der Waals surface area (Å²) in [6.45, 7) is 3.14. The minimum absolute atomic E-state index is 0.211. The van der Waals surface area contributed by atoms with Gasteiger partial charge in [0.1, 0.15) is 0 Å². The highest BCUT2D eigenvalue weighted by Gasteiger charge is 2.19. The van der Waals surface area contributed by atoms with Gasteiger partial charge in [0.15, 0.2) is 5.78 Å². The highest BCUT2D eigenvalue weighted by Crippen LogP contribution is 2.17. The molecule has 2 aromatic rings. The van der Waals surface area contributed by atoms with Gasteiger partial charge in [0.2, 0.25) is 0 Å². The van der Waals surface area contributed by atoms with Crippen LogP contribution < -0.4 is 5.32 Å². The number of benzene rings is 2. The van der Waals surface area contributed by atoms with E-state index in [9.17, 15) is 4.79 Å². The molecule has 2 nitrogen and oxygen atoms in total. The number of nitrogens with one attached hydrogen (secondary N) is 1. The number of carbonyl (C=O) groups excluding carboxylic acids is 1. The summed E-state index contributed by atoms with van der Waals surface area (Å²) >= 11 is 0. The normalized spacial score (nSPS) is 12.0. The molecule has 0 fully saturated rings. The number of Topliss-reactive ketones (excluding diaryl/α,β-unsaturated/α-hetero) is 1. The molecule has 0 aromatic heterocycles. The zero-order valence-corrected chi connectivity index (χ0v) is 15.4. The summed E-state index contributed by atoms with van der Waals surface area (Å²) in [6, 6.07) is 19.9. The predicted molar refractivity (Wildman–Crippen MR) is 106 cm³/mol. The summed E-state index contributed by atoms with van der Waals surface area (Å²) in [5, 5.41) is 3.50. The monoisotopic (exact) mass is 337 g/mol. The van der Waals surface area contributed by atoms with Crippen LogP contribution in [0.2, 0.25) is 0 Å². The second-order valence-electron chi connectivity index (χ2n) is 6.69. The fraction of sp³-hybridized carbons (Fsp3) is 0.435. The number of carbonyl (C=O) groups is 1. The number of hydrogen-bond donors (Lipinski definition) is 1. The average Bonchev–Trinajstić information content (AvgIpc) is 2.65. The third-order valence-corrected chi connectivity index (χ3v) is 4.55. The Balaban J connectivity index is 1.89. The van der Waals surface area contributed by atoms with Gasteiger partial charge in [-0.1, -0.05) is 99.7 Å². The fourth-order valence-corrected chi connectivity index (χ4v) is 3.11. The smallest absolute Gasteiger partial charge is 0.158 e. The summed E-state index contributed by atoms with van der Waals surface area (Å²) in [7, 11) is 0. The van der Waals surface area contributed by atoms with Crippen LogP contribution in [0.3, 0.4) is 0 Å². The van der Waals surface area contributed by atoms with Gasteiger partial charge >= 0.3 is 0 Å². The lowest BCUT2D eigenvalue weighted by Gasteiger charge is -2.18. The third-order valence-electron chi connectivity index (χ3n) is 4.55. The predicted octanol–water partition coefficient (Wildman–Crippen LogP) is 5.49. The maximum Gasteiger partial charge on any atom is 0.158 e. The van der Waals surface area contributed by atoms with Crippen molar-refractivity contribution in [2.24, 2.45) is 0 Å². The Kier molecular flexibility index (Phi) is 9.00. The van der Waals surface area contributed by atoms with Crippen molar-refractivity contribution in [2.45, 2.75) is 57.9 Å². The maximum absolute atomic E-state index is 12.9. The van der Waals surface area contributed by atoms with E-state index in [1.54, 1.807) is 0 Å². The molecule has 0 radical (unpaired) electrons. The van der Waals surface area contributed by atoms with Crippen LogP contribution >= 0.6 is 0 Å². The van der Waals surface area contributed by atoms with E-state index in [0.29, 0.717) is 6.42 Å². The molecule has 0 heterocycles. The largest absolute Gasteiger partial charge is 0.304 e. The molecule has 2 heteroatoms. The van der Waals surface area contributed by atoms with Crippen LogP contribution in [-0.4, -0.2) is 12.3 Å². The molecule has 2 aromatic carbocycles. The molecule has 0 amide bonds. The average molecular weight is 338 g/mol. The van der Waals surface area contributed by atoms with Crippen LogP contribution in [0, 0.1) is 0 Å². The molecule has 134 valence electrons. The molecule has 2 rings (SSSR count). The number of unbranched alkanes of at least 4 members (excludes halogenated alkanes) is 5. The van der Waals surface area contributed by atoms with Gasteiger partial charge in [-0.05, 0) is 24.1 Å². The zero-order chi connectivity index (χ0) is 17.7. The maximum atomic E-state index is 12.9. The van der Waals surface area contributed by atoms with Gasteiger partial charge < -0.3 is 5.32 Å². The summed E-state index contributed by atoms with van der Waals surface area (Å²) in [5.74, 6) is 0.239. The lowest BCUT2D eigenvalue weighted by Crippen LogP contribution is -2.30. The Morgan fingerprint density at radius 1 is 0.840 bits per heavy atom. The molecule has 0 bridgehead atoms. The molecule has 0 aliphatic heterocycles. The molecule has 0 aliphatic carbocycles. The minimum Gasteiger partial charge on any atom is -0.304 e. The molecule has 25 heavy (non-hydrogen) atoms. The lowest BCUT2D eigenvalue weighted by molar-refractivity contribution is -0.120. The molecule has 0 saturated heterocycles. The Morgan fingerprint density at radius 2 is 1.44 bits per heavy atom. The molecule has 0 aliphatic rings.